The highest BCUT2D eigenvalue weighted by atomic mass is 16.3. The van der Waals surface area contributed by atoms with Gasteiger partial charge in [0.15, 0.2) is 0 Å². The van der Waals surface area contributed by atoms with Crippen molar-refractivity contribution in [2.24, 2.45) is 11.7 Å². The lowest BCUT2D eigenvalue weighted by Crippen LogP contribution is -2.22. The Balaban J connectivity index is 2.40. The van der Waals surface area contributed by atoms with Crippen LogP contribution in [0.15, 0.2) is 0 Å². The van der Waals surface area contributed by atoms with Crippen molar-refractivity contribution in [3.05, 3.63) is 0 Å². The standard InChI is InChI=1S/C8H15NO2/c9-8(11)6-2-1-3-7(10)5-4-6/h6-7,10H,1-5H2,(H2,9,11). The molecular weight excluding hydrogens is 142 g/mol. The average Bonchev–Trinajstić information content (AvgIpc) is 2.13. The lowest BCUT2D eigenvalue weighted by atomic mass is 10.0. The molecule has 11 heavy (non-hydrogen) atoms. The molecule has 2 atom stereocenters. The SMILES string of the molecule is NC(=O)C1CCCC(O)CC1. The van der Waals surface area contributed by atoms with Crippen LogP contribution in [0.1, 0.15) is 32.1 Å². The molecule has 1 aliphatic rings. The second kappa shape index (κ2) is 3.72. The molecule has 3 N–H and O–H groups in total. The van der Waals surface area contributed by atoms with Crippen LogP contribution in [0, 0.1) is 5.92 Å². The monoisotopic (exact) mass is 157 g/mol. The number of rotatable bonds is 1. The van der Waals surface area contributed by atoms with Crippen molar-refractivity contribution in [3.63, 3.8) is 0 Å². The van der Waals surface area contributed by atoms with Crippen LogP contribution in [-0.4, -0.2) is 17.1 Å². The maximum absolute atomic E-state index is 10.8. The van der Waals surface area contributed by atoms with Gasteiger partial charge in [-0.3, -0.25) is 4.79 Å². The molecule has 0 bridgehead atoms. The van der Waals surface area contributed by atoms with E-state index in [2.05, 4.69) is 0 Å². The fourth-order valence-electron chi connectivity index (χ4n) is 1.57. The van der Waals surface area contributed by atoms with Crippen LogP contribution in [0.4, 0.5) is 0 Å². The van der Waals surface area contributed by atoms with Gasteiger partial charge in [0.1, 0.15) is 0 Å². The molecule has 0 spiro atoms. The summed E-state index contributed by atoms with van der Waals surface area (Å²) in [4.78, 5) is 10.8. The Bertz CT molecular complexity index is 147. The van der Waals surface area contributed by atoms with Crippen LogP contribution in [0.2, 0.25) is 0 Å². The first-order valence-electron chi connectivity index (χ1n) is 4.17. The minimum atomic E-state index is -0.209. The lowest BCUT2D eigenvalue weighted by Gasteiger charge is -2.07. The lowest BCUT2D eigenvalue weighted by molar-refractivity contribution is -0.122. The van der Waals surface area contributed by atoms with E-state index in [-0.39, 0.29) is 17.9 Å². The Kier molecular flexibility index (Phi) is 2.88. The van der Waals surface area contributed by atoms with Crippen molar-refractivity contribution in [2.75, 3.05) is 0 Å². The number of nitrogens with two attached hydrogens (primary N) is 1. The van der Waals surface area contributed by atoms with Crippen molar-refractivity contribution in [1.82, 2.24) is 0 Å². The number of aliphatic hydroxyl groups is 1. The summed E-state index contributed by atoms with van der Waals surface area (Å²) in [5, 5.41) is 9.24. The first kappa shape index (κ1) is 8.53. The van der Waals surface area contributed by atoms with Gasteiger partial charge in [0.2, 0.25) is 5.91 Å². The van der Waals surface area contributed by atoms with Crippen molar-refractivity contribution in [3.8, 4) is 0 Å². The molecule has 64 valence electrons. The van der Waals surface area contributed by atoms with Gasteiger partial charge in [0.05, 0.1) is 6.10 Å². The van der Waals surface area contributed by atoms with Crippen LogP contribution in [0.5, 0.6) is 0 Å². The fourth-order valence-corrected chi connectivity index (χ4v) is 1.57. The first-order chi connectivity index (χ1) is 5.20. The van der Waals surface area contributed by atoms with Gasteiger partial charge >= 0.3 is 0 Å². The molecule has 0 aliphatic heterocycles. The van der Waals surface area contributed by atoms with E-state index in [4.69, 9.17) is 5.73 Å². The summed E-state index contributed by atoms with van der Waals surface area (Å²) >= 11 is 0. The number of hydrogen-bond donors (Lipinski definition) is 2. The normalized spacial score (nSPS) is 32.8. The third kappa shape index (κ3) is 2.50. The predicted octanol–water partition coefficient (Wildman–Crippen LogP) is 0.413. The quantitative estimate of drug-likeness (QED) is 0.541. The van der Waals surface area contributed by atoms with Gasteiger partial charge < -0.3 is 10.8 Å². The van der Waals surface area contributed by atoms with Crippen LogP contribution in [0.25, 0.3) is 0 Å². The maximum Gasteiger partial charge on any atom is 0.220 e. The Morgan fingerprint density at radius 2 is 2.00 bits per heavy atom. The Morgan fingerprint density at radius 3 is 2.64 bits per heavy atom. The third-order valence-corrected chi connectivity index (χ3v) is 2.34. The number of carbonyl (C=O) groups excluding carboxylic acids is 1. The summed E-state index contributed by atoms with van der Waals surface area (Å²) in [6.07, 6.45) is 3.88. The van der Waals surface area contributed by atoms with E-state index >= 15 is 0 Å². The van der Waals surface area contributed by atoms with E-state index in [9.17, 15) is 9.90 Å². The minimum Gasteiger partial charge on any atom is -0.393 e. The number of hydrogen-bond acceptors (Lipinski definition) is 2. The number of amides is 1. The van der Waals surface area contributed by atoms with E-state index in [1.54, 1.807) is 0 Å². The van der Waals surface area contributed by atoms with Gasteiger partial charge in [-0.2, -0.15) is 0 Å². The third-order valence-electron chi connectivity index (χ3n) is 2.34. The fraction of sp³-hybridized carbons (Fsp3) is 0.875. The maximum atomic E-state index is 10.8. The minimum absolute atomic E-state index is 0.00662. The van der Waals surface area contributed by atoms with Gasteiger partial charge in [0.25, 0.3) is 0 Å². The zero-order valence-electron chi connectivity index (χ0n) is 6.62. The highest BCUT2D eigenvalue weighted by Gasteiger charge is 2.20. The molecule has 0 saturated heterocycles. The molecule has 1 fully saturated rings. The first-order valence-corrected chi connectivity index (χ1v) is 4.17. The predicted molar refractivity (Wildman–Crippen MR) is 41.8 cm³/mol. The molecule has 0 aromatic heterocycles. The van der Waals surface area contributed by atoms with Crippen LogP contribution in [0.3, 0.4) is 0 Å². The Morgan fingerprint density at radius 1 is 1.27 bits per heavy atom. The molecule has 0 aromatic rings. The average molecular weight is 157 g/mol. The molecule has 3 nitrogen and oxygen atoms in total. The number of primary amides is 1. The Hall–Kier alpha value is -0.570. The summed E-state index contributed by atoms with van der Waals surface area (Å²) < 4.78 is 0. The second-order valence-electron chi connectivity index (χ2n) is 3.26. The summed E-state index contributed by atoms with van der Waals surface area (Å²) in [5.74, 6) is -0.203. The summed E-state index contributed by atoms with van der Waals surface area (Å²) in [6, 6.07) is 0. The van der Waals surface area contributed by atoms with Gasteiger partial charge in [-0.05, 0) is 25.7 Å². The number of aliphatic hydroxyl groups excluding tert-OH is 1. The van der Waals surface area contributed by atoms with Gasteiger partial charge in [-0.1, -0.05) is 6.42 Å². The molecule has 0 radical (unpaired) electrons. The van der Waals surface area contributed by atoms with Gasteiger partial charge in [0, 0.05) is 5.92 Å². The molecule has 2 unspecified atom stereocenters. The van der Waals surface area contributed by atoms with E-state index in [0.717, 1.165) is 32.1 Å². The summed E-state index contributed by atoms with van der Waals surface area (Å²) in [6.45, 7) is 0. The highest BCUT2D eigenvalue weighted by Crippen LogP contribution is 2.22. The molecular formula is C8H15NO2. The molecule has 1 aliphatic carbocycles. The molecule has 1 saturated carbocycles. The van der Waals surface area contributed by atoms with Crippen LogP contribution < -0.4 is 5.73 Å². The van der Waals surface area contributed by atoms with E-state index in [1.807, 2.05) is 0 Å². The zero-order valence-corrected chi connectivity index (χ0v) is 6.62. The van der Waals surface area contributed by atoms with Gasteiger partial charge in [-0.15, -0.1) is 0 Å². The van der Waals surface area contributed by atoms with Crippen molar-refractivity contribution >= 4 is 5.91 Å². The highest BCUT2D eigenvalue weighted by molar-refractivity contribution is 5.76. The van der Waals surface area contributed by atoms with Crippen LogP contribution >= 0.6 is 0 Å². The van der Waals surface area contributed by atoms with E-state index < -0.39 is 0 Å². The van der Waals surface area contributed by atoms with Crippen molar-refractivity contribution < 1.29 is 9.90 Å². The van der Waals surface area contributed by atoms with Crippen molar-refractivity contribution in [1.29, 1.82) is 0 Å². The molecule has 0 aromatic carbocycles. The van der Waals surface area contributed by atoms with E-state index in [0.29, 0.717) is 0 Å². The topological polar surface area (TPSA) is 63.3 Å². The zero-order chi connectivity index (χ0) is 8.27. The second-order valence-corrected chi connectivity index (χ2v) is 3.26. The number of carbonyl (C=O) groups is 1. The van der Waals surface area contributed by atoms with Crippen LogP contribution in [-0.2, 0) is 4.79 Å². The Labute approximate surface area is 66.6 Å². The summed E-state index contributed by atoms with van der Waals surface area (Å²) in [5.41, 5.74) is 5.16. The van der Waals surface area contributed by atoms with Gasteiger partial charge in [-0.25, -0.2) is 0 Å². The van der Waals surface area contributed by atoms with Crippen molar-refractivity contribution in [2.45, 2.75) is 38.2 Å². The molecule has 3 heteroatoms. The largest absolute Gasteiger partial charge is 0.393 e. The molecule has 0 heterocycles. The summed E-state index contributed by atoms with van der Waals surface area (Å²) in [7, 11) is 0. The van der Waals surface area contributed by atoms with E-state index in [1.165, 1.54) is 0 Å². The smallest absolute Gasteiger partial charge is 0.220 e. The molecule has 1 amide bonds. The molecule has 1 rings (SSSR count).